The van der Waals surface area contributed by atoms with E-state index >= 15 is 0 Å². The standard InChI is InChI=1S/C11H16P.C9H7.3ClH.V/c1-10(9-12(2)3)11-7-5-4-6-8-11;1-2-5-9-7-3-6-8(9)4-1;;;;/h4-8H,9H2,1-3H3;1-7H;3*1H;/q;;;;;+3/p-3. The van der Waals surface area contributed by atoms with Gasteiger partial charge in [0.15, 0.2) is 0 Å². The van der Waals surface area contributed by atoms with Gasteiger partial charge in [0.1, 0.15) is 0 Å². The normalized spacial score (nSPS) is 20.8. The summed E-state index contributed by atoms with van der Waals surface area (Å²) in [6.45, 7) is 6.71. The summed E-state index contributed by atoms with van der Waals surface area (Å²) < 4.78 is -0.550. The van der Waals surface area contributed by atoms with E-state index in [0.29, 0.717) is 0 Å². The molecule has 2 unspecified atom stereocenters. The maximum absolute atomic E-state index is 7.38. The Kier molecular flexibility index (Phi) is 5.47. The summed E-state index contributed by atoms with van der Waals surface area (Å²) in [6.07, 6.45) is 5.15. The van der Waals surface area contributed by atoms with Crippen molar-refractivity contribution in [3.63, 3.8) is 0 Å². The van der Waals surface area contributed by atoms with Crippen molar-refractivity contribution in [3.8, 4) is 0 Å². The molecule has 2 atom stereocenters. The van der Waals surface area contributed by atoms with Crippen molar-refractivity contribution in [2.75, 3.05) is 19.5 Å². The third-order valence-electron chi connectivity index (χ3n) is 5.09. The number of allylic oxidation sites excluding steroid dienone is 1. The van der Waals surface area contributed by atoms with Crippen LogP contribution < -0.4 is 0 Å². The minimum atomic E-state index is -4.41. The molecule has 0 saturated carbocycles. The van der Waals surface area contributed by atoms with Gasteiger partial charge in [-0.15, -0.1) is 0 Å². The molecule has 2 aromatic rings. The van der Waals surface area contributed by atoms with Crippen molar-refractivity contribution in [2.45, 2.75) is 15.7 Å². The molecule has 0 saturated heterocycles. The van der Waals surface area contributed by atoms with Gasteiger partial charge in [-0.05, 0) is 0 Å². The molecule has 5 heteroatoms. The molecular formula is C20H23Cl3PV. The van der Waals surface area contributed by atoms with Gasteiger partial charge in [0, 0.05) is 0 Å². The predicted octanol–water partition coefficient (Wildman–Crippen LogP) is 7.56. The third-order valence-corrected chi connectivity index (χ3v) is 19.4. The van der Waals surface area contributed by atoms with Gasteiger partial charge in [-0.1, -0.05) is 0 Å². The molecule has 2 aromatic carbocycles. The van der Waals surface area contributed by atoms with Gasteiger partial charge in [-0.3, -0.25) is 0 Å². The van der Waals surface area contributed by atoms with Crippen LogP contribution in [0.25, 0.3) is 6.08 Å². The topological polar surface area (TPSA) is 0 Å². The Balaban J connectivity index is 2.19. The molecule has 0 aromatic heterocycles. The second-order valence-corrected chi connectivity index (χ2v) is 25.6. The zero-order valence-electron chi connectivity index (χ0n) is 14.7. The number of halogens is 3. The Morgan fingerprint density at radius 2 is 1.56 bits per heavy atom. The Bertz CT molecular complexity index is 795. The van der Waals surface area contributed by atoms with Crippen LogP contribution in [0.3, 0.4) is 0 Å². The Morgan fingerprint density at radius 1 is 0.960 bits per heavy atom. The average molecular weight is 452 g/mol. The molecule has 0 bridgehead atoms. The summed E-state index contributed by atoms with van der Waals surface area (Å²) in [6, 6.07) is 18.6. The summed E-state index contributed by atoms with van der Waals surface area (Å²) in [7, 11) is 17.5. The third kappa shape index (κ3) is 3.36. The quantitative estimate of drug-likeness (QED) is 0.411. The molecule has 0 fully saturated rings. The fourth-order valence-corrected chi connectivity index (χ4v) is 16.7. The van der Waals surface area contributed by atoms with Crippen molar-refractivity contribution >= 4 is 43.5 Å². The summed E-state index contributed by atoms with van der Waals surface area (Å²) in [4.78, 5) is 0. The second-order valence-electron chi connectivity index (χ2n) is 7.18. The molecule has 0 N–H and O–H groups in total. The van der Waals surface area contributed by atoms with E-state index in [0.717, 1.165) is 17.3 Å². The molecule has 25 heavy (non-hydrogen) atoms. The van der Waals surface area contributed by atoms with Gasteiger partial charge in [-0.2, -0.15) is 0 Å². The molecule has 0 nitrogen and oxygen atoms in total. The van der Waals surface area contributed by atoms with Gasteiger partial charge in [-0.25, -0.2) is 0 Å². The van der Waals surface area contributed by atoms with Crippen LogP contribution in [0.1, 0.15) is 28.2 Å². The predicted molar refractivity (Wildman–Crippen MR) is 113 cm³/mol. The van der Waals surface area contributed by atoms with E-state index in [4.69, 9.17) is 29.5 Å². The van der Waals surface area contributed by atoms with E-state index in [1.165, 1.54) is 5.56 Å². The van der Waals surface area contributed by atoms with Crippen LogP contribution in [-0.4, -0.2) is 19.5 Å². The minimum absolute atomic E-state index is 0.111. The molecule has 0 radical (unpaired) electrons. The first kappa shape index (κ1) is 19.8. The molecule has 1 aliphatic carbocycles. The van der Waals surface area contributed by atoms with E-state index in [-0.39, 0.29) is 12.6 Å². The number of hydrogen-bond donors (Lipinski definition) is 0. The van der Waals surface area contributed by atoms with Crippen molar-refractivity contribution < 1.29 is 10.0 Å². The van der Waals surface area contributed by atoms with Crippen LogP contribution >= 0.6 is 37.5 Å². The van der Waals surface area contributed by atoms with Crippen molar-refractivity contribution in [1.29, 1.82) is 0 Å². The second kappa shape index (κ2) is 6.90. The van der Waals surface area contributed by atoms with Gasteiger partial charge in [0.2, 0.25) is 0 Å². The molecule has 0 aliphatic heterocycles. The maximum atomic E-state index is 7.38. The fourth-order valence-electron chi connectivity index (χ4n) is 3.75. The van der Waals surface area contributed by atoms with Crippen molar-refractivity contribution in [2.24, 2.45) is 0 Å². The Hall–Kier alpha value is 0.0644. The molecule has 134 valence electrons. The van der Waals surface area contributed by atoms with Gasteiger partial charge in [0.05, 0.1) is 0 Å². The zero-order chi connectivity index (χ0) is 18.3. The fraction of sp³-hybridized carbons (Fsp3) is 0.300. The summed E-state index contributed by atoms with van der Waals surface area (Å²) in [5.74, 6) is 0. The number of hydrogen-bond acceptors (Lipinski definition) is 0. The zero-order valence-corrected chi connectivity index (χ0v) is 19.2. The number of rotatable bonds is 5. The number of benzene rings is 2. The van der Waals surface area contributed by atoms with Crippen LogP contribution in [0.5, 0.6) is 0 Å². The SMILES string of the molecule is CP(C)C[C](C)(c1ccccc1)[V]([Cl])([Cl])([Cl])[CH]1C=Cc2ccccc21. The van der Waals surface area contributed by atoms with Crippen molar-refractivity contribution in [3.05, 3.63) is 77.4 Å². The van der Waals surface area contributed by atoms with Gasteiger partial charge >= 0.3 is 166 Å². The van der Waals surface area contributed by atoms with E-state index in [9.17, 15) is 0 Å². The first-order chi connectivity index (χ1) is 11.6. The molecule has 0 heterocycles. The Morgan fingerprint density at radius 3 is 2.20 bits per heavy atom. The van der Waals surface area contributed by atoms with E-state index in [2.05, 4.69) is 56.7 Å². The van der Waals surface area contributed by atoms with Crippen LogP contribution in [0.2, 0.25) is 0 Å². The van der Waals surface area contributed by atoms with Crippen LogP contribution in [-0.2, 0) is 14.1 Å². The molecule has 1 aliphatic rings. The van der Waals surface area contributed by atoms with Gasteiger partial charge in [0.25, 0.3) is 0 Å². The van der Waals surface area contributed by atoms with Crippen LogP contribution in [0.15, 0.2) is 60.7 Å². The van der Waals surface area contributed by atoms with Crippen LogP contribution in [0, 0.1) is 0 Å². The molecular weight excluding hydrogens is 428 g/mol. The van der Waals surface area contributed by atoms with Crippen LogP contribution in [0.4, 0.5) is 0 Å². The average Bonchev–Trinajstić information content (AvgIpc) is 2.99. The van der Waals surface area contributed by atoms with Crippen molar-refractivity contribution in [1.82, 2.24) is 0 Å². The molecule has 0 amide bonds. The first-order valence-corrected chi connectivity index (χ1v) is 18.0. The van der Waals surface area contributed by atoms with E-state index < -0.39 is 14.1 Å². The first-order valence-electron chi connectivity index (χ1n) is 8.29. The van der Waals surface area contributed by atoms with Gasteiger partial charge < -0.3 is 0 Å². The number of fused-ring (bicyclic) bond motifs is 1. The summed E-state index contributed by atoms with van der Waals surface area (Å²) >= 11 is 0. The van der Waals surface area contributed by atoms with E-state index in [1.54, 1.807) is 0 Å². The van der Waals surface area contributed by atoms with E-state index in [1.807, 2.05) is 30.3 Å². The molecule has 0 spiro atoms. The Labute approximate surface area is 165 Å². The monoisotopic (exact) mass is 450 g/mol. The molecule has 3 rings (SSSR count). The summed E-state index contributed by atoms with van der Waals surface area (Å²) in [5, 5.41) is 0. The summed E-state index contributed by atoms with van der Waals surface area (Å²) in [5.41, 5.74) is 3.48.